The molecule has 13 N–H and O–H groups in total. The summed E-state index contributed by atoms with van der Waals surface area (Å²) in [4.78, 5) is 0. The van der Waals surface area contributed by atoms with E-state index in [-0.39, 0.29) is 47.2 Å². The number of rotatable bonds is 11. The maximum absolute atomic E-state index is 12.6. The summed E-state index contributed by atoms with van der Waals surface area (Å²) in [6.07, 6.45) is -15.6. The molecule has 0 aromatic carbocycles. The molecule has 386 valence electrons. The SMILES string of the molecule is CC1(C)CC[C@@]2(CO[C@@H]3O[C@H](CO)[C@@H](O)[C@H](O)[C@H]3O)[C@H](C1)C1=CC[C@@H]3[C@@]4(C)CC[C@H](O)[C@@](C)(CO[C@@H]5O[C@H](CO[C@@H]6O[C@H](CO)[C@@H](O)[C@H](O)[C@H]6O)[C@@H](O)[C@H](O)[C@H]5O)[C@@H]4CC[C@@]3(C)[C@]1(C)C[C@@H]2O. The zero-order valence-corrected chi connectivity index (χ0v) is 39.8. The summed E-state index contributed by atoms with van der Waals surface area (Å²) in [6, 6.07) is 0. The van der Waals surface area contributed by atoms with Gasteiger partial charge in [0.25, 0.3) is 0 Å². The molecule has 3 heterocycles. The molecule has 4 saturated carbocycles. The highest BCUT2D eigenvalue weighted by molar-refractivity contribution is 5.35. The summed E-state index contributed by atoms with van der Waals surface area (Å²) < 4.78 is 35.4. The first-order valence-corrected chi connectivity index (χ1v) is 24.6. The van der Waals surface area contributed by atoms with Gasteiger partial charge in [-0.1, -0.05) is 53.2 Å². The molecular formula is C48H80O19. The van der Waals surface area contributed by atoms with E-state index < -0.39 is 140 Å². The van der Waals surface area contributed by atoms with Crippen molar-refractivity contribution in [3.05, 3.63) is 11.6 Å². The van der Waals surface area contributed by atoms with Crippen molar-refractivity contribution in [3.8, 4) is 0 Å². The first kappa shape index (κ1) is 52.3. The fourth-order valence-corrected chi connectivity index (χ4v) is 15.0. The van der Waals surface area contributed by atoms with E-state index in [1.807, 2.05) is 6.92 Å². The molecule has 0 radical (unpaired) electrons. The Hall–Kier alpha value is -1.02. The maximum atomic E-state index is 12.6. The van der Waals surface area contributed by atoms with Gasteiger partial charge in [-0.15, -0.1) is 0 Å². The Bertz CT molecular complexity index is 1770. The predicted molar refractivity (Wildman–Crippen MR) is 233 cm³/mol. The van der Waals surface area contributed by atoms with Crippen LogP contribution in [0.5, 0.6) is 0 Å². The number of ether oxygens (including phenoxy) is 6. The molecule has 7 fully saturated rings. The van der Waals surface area contributed by atoms with Gasteiger partial charge in [0.15, 0.2) is 18.9 Å². The molecule has 19 heteroatoms. The zero-order valence-electron chi connectivity index (χ0n) is 39.8. The molecule has 25 atom stereocenters. The van der Waals surface area contributed by atoms with E-state index in [4.69, 9.17) is 28.4 Å². The van der Waals surface area contributed by atoms with Crippen molar-refractivity contribution in [1.82, 2.24) is 0 Å². The van der Waals surface area contributed by atoms with Gasteiger partial charge in [-0.05, 0) is 97.2 Å². The Labute approximate surface area is 392 Å². The van der Waals surface area contributed by atoms with Gasteiger partial charge in [0.1, 0.15) is 73.2 Å². The standard InChI is InChI=1S/C48H80O19/c1-43(2)13-14-48(21-64-42-38(60)35(57)32(54)25(18-50)66-42)23(15-43)22-7-8-28-44(3)11-10-29(51)45(4,27(44)9-12-46(28,5)47(22,6)16-30(48)52)20-63-41-39(61)36(58)33(55)26(67-41)19-62-40-37(59)34(56)31(53)24(17-49)65-40/h7,23-42,49-61H,8-21H2,1-6H3/t23-,24-,25-,26-,27-,28-,29+,30+,31-,32-,33-,34+,35+,36+,37-,38-,39-,40-,41-,42-,44+,45+,46-,47-,48-/m1/s1. The van der Waals surface area contributed by atoms with E-state index in [1.165, 1.54) is 5.57 Å². The maximum Gasteiger partial charge on any atom is 0.186 e. The molecule has 0 aromatic heterocycles. The largest absolute Gasteiger partial charge is 0.394 e. The number of aliphatic hydroxyl groups excluding tert-OH is 13. The van der Waals surface area contributed by atoms with Crippen LogP contribution in [0.15, 0.2) is 11.6 Å². The van der Waals surface area contributed by atoms with E-state index in [0.29, 0.717) is 19.3 Å². The van der Waals surface area contributed by atoms with Crippen molar-refractivity contribution in [2.75, 3.05) is 33.0 Å². The average Bonchev–Trinajstić information content (AvgIpc) is 3.28. The van der Waals surface area contributed by atoms with E-state index >= 15 is 0 Å². The van der Waals surface area contributed by atoms with Gasteiger partial charge in [0.2, 0.25) is 0 Å². The summed E-state index contributed by atoms with van der Waals surface area (Å²) in [7, 11) is 0. The molecule has 67 heavy (non-hydrogen) atoms. The number of hydrogen-bond acceptors (Lipinski definition) is 19. The van der Waals surface area contributed by atoms with E-state index in [9.17, 15) is 66.4 Å². The zero-order chi connectivity index (χ0) is 49.0. The Morgan fingerprint density at radius 2 is 1.06 bits per heavy atom. The van der Waals surface area contributed by atoms with Crippen molar-refractivity contribution in [2.24, 2.45) is 50.2 Å². The summed E-state index contributed by atoms with van der Waals surface area (Å²) in [5, 5.41) is 140. The fourth-order valence-electron chi connectivity index (χ4n) is 15.0. The lowest BCUT2D eigenvalue weighted by molar-refractivity contribution is -0.336. The minimum absolute atomic E-state index is 0.0417. The van der Waals surface area contributed by atoms with Crippen molar-refractivity contribution in [1.29, 1.82) is 0 Å². The van der Waals surface area contributed by atoms with Crippen molar-refractivity contribution >= 4 is 0 Å². The molecule has 5 aliphatic carbocycles. The number of fused-ring (bicyclic) bond motifs is 7. The van der Waals surface area contributed by atoms with Crippen LogP contribution in [0.25, 0.3) is 0 Å². The predicted octanol–water partition coefficient (Wildman–Crippen LogP) is -1.44. The Morgan fingerprint density at radius 1 is 0.537 bits per heavy atom. The quantitative estimate of drug-likeness (QED) is 0.106. The second-order valence-electron chi connectivity index (χ2n) is 23.6. The van der Waals surface area contributed by atoms with E-state index in [0.717, 1.165) is 38.5 Å². The molecule has 0 spiro atoms. The third-order valence-electron chi connectivity index (χ3n) is 19.5. The molecule has 3 saturated heterocycles. The molecule has 0 amide bonds. The number of hydrogen-bond donors (Lipinski definition) is 13. The summed E-state index contributed by atoms with van der Waals surface area (Å²) in [5.74, 6) is 0.000725. The van der Waals surface area contributed by atoms with Crippen molar-refractivity contribution in [2.45, 2.75) is 204 Å². The first-order valence-electron chi connectivity index (χ1n) is 24.6. The summed E-state index contributed by atoms with van der Waals surface area (Å²) >= 11 is 0. The molecule has 8 aliphatic rings. The third kappa shape index (κ3) is 8.42. The first-order chi connectivity index (χ1) is 31.3. The van der Waals surface area contributed by atoms with Gasteiger partial charge in [-0.2, -0.15) is 0 Å². The molecular weight excluding hydrogens is 881 g/mol. The van der Waals surface area contributed by atoms with Crippen molar-refractivity contribution < 1.29 is 94.8 Å². The molecule has 3 aliphatic heterocycles. The van der Waals surface area contributed by atoms with Crippen LogP contribution < -0.4 is 0 Å². The second kappa shape index (κ2) is 18.8. The number of aliphatic hydroxyl groups is 13. The van der Waals surface area contributed by atoms with Gasteiger partial charge in [0, 0.05) is 10.8 Å². The lowest BCUT2D eigenvalue weighted by Gasteiger charge is -2.72. The molecule has 0 unspecified atom stereocenters. The molecule has 0 aromatic rings. The molecule has 8 rings (SSSR count). The van der Waals surface area contributed by atoms with Crippen molar-refractivity contribution in [3.63, 3.8) is 0 Å². The Morgan fingerprint density at radius 3 is 1.63 bits per heavy atom. The number of allylic oxidation sites excluding steroid dienone is 2. The molecule has 0 bridgehead atoms. The van der Waals surface area contributed by atoms with Crippen LogP contribution in [0, 0.1) is 50.2 Å². The van der Waals surface area contributed by atoms with Crippen LogP contribution in [0.2, 0.25) is 0 Å². The monoisotopic (exact) mass is 961 g/mol. The second-order valence-corrected chi connectivity index (χ2v) is 23.6. The van der Waals surface area contributed by atoms with Crippen LogP contribution in [0.4, 0.5) is 0 Å². The summed E-state index contributed by atoms with van der Waals surface area (Å²) in [5.41, 5.74) is -1.33. The third-order valence-corrected chi connectivity index (χ3v) is 19.5. The topological polar surface area (TPSA) is 318 Å². The Balaban J connectivity index is 1.01. The Kier molecular flexibility index (Phi) is 14.7. The lowest BCUT2D eigenvalue weighted by Crippen LogP contribution is -2.68. The van der Waals surface area contributed by atoms with Gasteiger partial charge in [-0.25, -0.2) is 0 Å². The van der Waals surface area contributed by atoms with Gasteiger partial charge in [-0.3, -0.25) is 0 Å². The van der Waals surface area contributed by atoms with Gasteiger partial charge in [0.05, 0.1) is 45.2 Å². The van der Waals surface area contributed by atoms with Crippen LogP contribution >= 0.6 is 0 Å². The minimum Gasteiger partial charge on any atom is -0.394 e. The highest BCUT2D eigenvalue weighted by Crippen LogP contribution is 2.76. The molecule has 19 nitrogen and oxygen atoms in total. The smallest absolute Gasteiger partial charge is 0.186 e. The highest BCUT2D eigenvalue weighted by Gasteiger charge is 2.71. The lowest BCUT2D eigenvalue weighted by atomic mass is 9.33. The van der Waals surface area contributed by atoms with Crippen LogP contribution in [0.3, 0.4) is 0 Å². The van der Waals surface area contributed by atoms with E-state index in [1.54, 1.807) is 0 Å². The van der Waals surface area contributed by atoms with Crippen LogP contribution in [-0.2, 0) is 28.4 Å². The van der Waals surface area contributed by atoms with Crippen LogP contribution in [0.1, 0.15) is 99.3 Å². The average molecular weight is 961 g/mol. The minimum atomic E-state index is -1.73. The normalized spacial score (nSPS) is 55.4. The highest BCUT2D eigenvalue weighted by atomic mass is 16.7. The fraction of sp³-hybridized carbons (Fsp3) is 0.958. The summed E-state index contributed by atoms with van der Waals surface area (Å²) in [6.45, 7) is 11.7. The van der Waals surface area contributed by atoms with E-state index in [2.05, 4.69) is 40.7 Å². The van der Waals surface area contributed by atoms with Gasteiger partial charge < -0.3 is 94.8 Å². The van der Waals surface area contributed by atoms with Crippen LogP contribution in [-0.4, -0.2) is 204 Å². The van der Waals surface area contributed by atoms with Gasteiger partial charge >= 0.3 is 0 Å².